The highest BCUT2D eigenvalue weighted by molar-refractivity contribution is 6.04. The molecule has 0 unspecified atom stereocenters. The molecule has 3 rings (SSSR count). The van der Waals surface area contributed by atoms with Gasteiger partial charge in [-0.1, -0.05) is 39.0 Å². The normalized spacial score (nSPS) is 10.5. The SMILES string of the molecule is CCCCCCCCOc1ccc(C(=O)Nc2ccc(C(=O)Oc3ccc(OCC)cc3)cc2)cc1. The average molecular weight is 490 g/mol. The second-order valence-electron chi connectivity index (χ2n) is 8.47. The summed E-state index contributed by atoms with van der Waals surface area (Å²) < 4.78 is 16.6. The van der Waals surface area contributed by atoms with Crippen LogP contribution < -0.4 is 19.5 Å². The summed E-state index contributed by atoms with van der Waals surface area (Å²) in [6.07, 6.45) is 7.31. The maximum absolute atomic E-state index is 12.6. The van der Waals surface area contributed by atoms with Gasteiger partial charge in [0, 0.05) is 11.3 Å². The Morgan fingerprint density at radius 1 is 0.639 bits per heavy atom. The number of unbranched alkanes of at least 4 members (excludes halogenated alkanes) is 5. The van der Waals surface area contributed by atoms with Gasteiger partial charge in [0.05, 0.1) is 18.8 Å². The van der Waals surface area contributed by atoms with E-state index in [1.54, 1.807) is 60.7 Å². The van der Waals surface area contributed by atoms with Gasteiger partial charge in [-0.3, -0.25) is 4.79 Å². The van der Waals surface area contributed by atoms with E-state index in [1.165, 1.54) is 32.1 Å². The van der Waals surface area contributed by atoms with Gasteiger partial charge in [0.25, 0.3) is 5.91 Å². The van der Waals surface area contributed by atoms with Gasteiger partial charge < -0.3 is 19.5 Å². The Balaban J connectivity index is 1.44. The third-order valence-corrected chi connectivity index (χ3v) is 5.61. The summed E-state index contributed by atoms with van der Waals surface area (Å²) in [5, 5.41) is 2.84. The molecule has 0 atom stereocenters. The fourth-order valence-corrected chi connectivity index (χ4v) is 3.60. The fourth-order valence-electron chi connectivity index (χ4n) is 3.60. The highest BCUT2D eigenvalue weighted by Gasteiger charge is 2.11. The van der Waals surface area contributed by atoms with Gasteiger partial charge in [0.2, 0.25) is 0 Å². The quantitative estimate of drug-likeness (QED) is 0.146. The molecule has 1 amide bonds. The summed E-state index contributed by atoms with van der Waals surface area (Å²) in [7, 11) is 0. The minimum Gasteiger partial charge on any atom is -0.494 e. The van der Waals surface area contributed by atoms with Crippen LogP contribution in [0.25, 0.3) is 0 Å². The first-order valence-electron chi connectivity index (χ1n) is 12.7. The summed E-state index contributed by atoms with van der Waals surface area (Å²) in [5.74, 6) is 1.19. The average Bonchev–Trinajstić information content (AvgIpc) is 2.90. The molecule has 190 valence electrons. The van der Waals surface area contributed by atoms with Crippen molar-refractivity contribution in [2.75, 3.05) is 18.5 Å². The molecule has 0 bridgehead atoms. The van der Waals surface area contributed by atoms with E-state index in [-0.39, 0.29) is 5.91 Å². The lowest BCUT2D eigenvalue weighted by atomic mass is 10.1. The lowest BCUT2D eigenvalue weighted by Crippen LogP contribution is -2.12. The van der Waals surface area contributed by atoms with E-state index in [2.05, 4.69) is 12.2 Å². The number of hydrogen-bond acceptors (Lipinski definition) is 5. The van der Waals surface area contributed by atoms with Crippen LogP contribution in [0.5, 0.6) is 17.2 Å². The zero-order valence-electron chi connectivity index (χ0n) is 21.1. The van der Waals surface area contributed by atoms with Gasteiger partial charge in [-0.25, -0.2) is 4.79 Å². The van der Waals surface area contributed by atoms with Gasteiger partial charge in [0.15, 0.2) is 0 Å². The van der Waals surface area contributed by atoms with Crippen molar-refractivity contribution < 1.29 is 23.8 Å². The molecule has 0 radical (unpaired) electrons. The van der Waals surface area contributed by atoms with Crippen molar-refractivity contribution in [1.29, 1.82) is 0 Å². The van der Waals surface area contributed by atoms with Crippen molar-refractivity contribution >= 4 is 17.6 Å². The summed E-state index contributed by atoms with van der Waals surface area (Å²) >= 11 is 0. The van der Waals surface area contributed by atoms with Crippen molar-refractivity contribution in [3.8, 4) is 17.2 Å². The molecule has 0 aliphatic carbocycles. The van der Waals surface area contributed by atoms with Crippen LogP contribution in [-0.4, -0.2) is 25.1 Å². The largest absolute Gasteiger partial charge is 0.494 e. The number of rotatable bonds is 14. The molecular formula is C30H35NO5. The third kappa shape index (κ3) is 8.77. The number of nitrogens with one attached hydrogen (secondary N) is 1. The van der Waals surface area contributed by atoms with E-state index in [9.17, 15) is 9.59 Å². The van der Waals surface area contributed by atoms with Crippen LogP contribution >= 0.6 is 0 Å². The van der Waals surface area contributed by atoms with Crippen LogP contribution in [0.3, 0.4) is 0 Å². The molecule has 6 heteroatoms. The van der Waals surface area contributed by atoms with Crippen molar-refractivity contribution in [1.82, 2.24) is 0 Å². The molecular weight excluding hydrogens is 454 g/mol. The smallest absolute Gasteiger partial charge is 0.343 e. The lowest BCUT2D eigenvalue weighted by Gasteiger charge is -2.09. The third-order valence-electron chi connectivity index (χ3n) is 5.61. The summed E-state index contributed by atoms with van der Waals surface area (Å²) in [5.41, 5.74) is 1.50. The minimum atomic E-state index is -0.478. The number of ether oxygens (including phenoxy) is 3. The molecule has 3 aromatic rings. The molecule has 6 nitrogen and oxygen atoms in total. The van der Waals surface area contributed by atoms with Gasteiger partial charge >= 0.3 is 5.97 Å². The number of hydrogen-bond donors (Lipinski definition) is 1. The molecule has 0 heterocycles. The molecule has 0 aliphatic heterocycles. The van der Waals surface area contributed by atoms with E-state index in [0.717, 1.165) is 12.2 Å². The number of carbonyl (C=O) groups excluding carboxylic acids is 2. The first kappa shape index (κ1) is 26.8. The van der Waals surface area contributed by atoms with Crippen LogP contribution in [0.4, 0.5) is 5.69 Å². The van der Waals surface area contributed by atoms with Gasteiger partial charge in [0.1, 0.15) is 17.2 Å². The zero-order chi connectivity index (χ0) is 25.6. The zero-order valence-corrected chi connectivity index (χ0v) is 21.1. The predicted molar refractivity (Wildman–Crippen MR) is 142 cm³/mol. The van der Waals surface area contributed by atoms with Crippen molar-refractivity contribution in [3.05, 3.63) is 83.9 Å². The topological polar surface area (TPSA) is 73.9 Å². The molecule has 0 aromatic heterocycles. The van der Waals surface area contributed by atoms with E-state index in [4.69, 9.17) is 14.2 Å². The molecule has 0 fully saturated rings. The molecule has 0 aliphatic rings. The summed E-state index contributed by atoms with van der Waals surface area (Å²) in [6.45, 7) is 5.38. The minimum absolute atomic E-state index is 0.234. The Morgan fingerprint density at radius 3 is 1.86 bits per heavy atom. The Hall–Kier alpha value is -3.80. The van der Waals surface area contributed by atoms with Gasteiger partial charge in [-0.15, -0.1) is 0 Å². The Labute approximate surface area is 213 Å². The van der Waals surface area contributed by atoms with Crippen LogP contribution in [0.1, 0.15) is 73.1 Å². The van der Waals surface area contributed by atoms with E-state index in [1.807, 2.05) is 19.1 Å². The van der Waals surface area contributed by atoms with E-state index in [0.29, 0.717) is 41.5 Å². The van der Waals surface area contributed by atoms with E-state index >= 15 is 0 Å². The first-order chi connectivity index (χ1) is 17.6. The molecule has 0 saturated heterocycles. The van der Waals surface area contributed by atoms with Crippen molar-refractivity contribution in [2.45, 2.75) is 52.4 Å². The molecule has 36 heavy (non-hydrogen) atoms. The number of carbonyl (C=O) groups is 2. The van der Waals surface area contributed by atoms with Crippen LogP contribution in [0.15, 0.2) is 72.8 Å². The van der Waals surface area contributed by atoms with Crippen LogP contribution in [-0.2, 0) is 0 Å². The maximum atomic E-state index is 12.6. The molecule has 1 N–H and O–H groups in total. The van der Waals surface area contributed by atoms with E-state index < -0.39 is 5.97 Å². The highest BCUT2D eigenvalue weighted by Crippen LogP contribution is 2.20. The number of benzene rings is 3. The highest BCUT2D eigenvalue weighted by atomic mass is 16.5. The number of esters is 1. The first-order valence-corrected chi connectivity index (χ1v) is 12.7. The Kier molecular flexibility index (Phi) is 10.8. The van der Waals surface area contributed by atoms with Crippen LogP contribution in [0.2, 0.25) is 0 Å². The maximum Gasteiger partial charge on any atom is 0.343 e. The van der Waals surface area contributed by atoms with Crippen molar-refractivity contribution in [3.63, 3.8) is 0 Å². The Morgan fingerprint density at radius 2 is 1.19 bits per heavy atom. The predicted octanol–water partition coefficient (Wildman–Crippen LogP) is 7.30. The number of amides is 1. The molecule has 3 aromatic carbocycles. The standard InChI is InChI=1S/C30H35NO5/c1-3-5-6-7-8-9-22-35-27-16-12-23(13-17-27)29(32)31-25-14-10-24(11-15-25)30(33)36-28-20-18-26(19-21-28)34-4-2/h10-21H,3-9,22H2,1-2H3,(H,31,32). The molecule has 0 saturated carbocycles. The summed E-state index contributed by atoms with van der Waals surface area (Å²) in [4.78, 5) is 25.0. The second-order valence-corrected chi connectivity index (χ2v) is 8.47. The fraction of sp³-hybridized carbons (Fsp3) is 0.333. The monoisotopic (exact) mass is 489 g/mol. The lowest BCUT2D eigenvalue weighted by molar-refractivity contribution is 0.0734. The number of anilines is 1. The summed E-state index contributed by atoms with van der Waals surface area (Å²) in [6, 6.07) is 20.6. The van der Waals surface area contributed by atoms with Gasteiger partial charge in [-0.05, 0) is 86.1 Å². The van der Waals surface area contributed by atoms with Crippen molar-refractivity contribution in [2.24, 2.45) is 0 Å². The Bertz CT molecular complexity index is 1080. The van der Waals surface area contributed by atoms with Crippen LogP contribution in [0, 0.1) is 0 Å². The second kappa shape index (κ2) is 14.6. The molecule has 0 spiro atoms. The van der Waals surface area contributed by atoms with Gasteiger partial charge in [-0.2, -0.15) is 0 Å².